The number of amides is 4. The van der Waals surface area contributed by atoms with Crippen LogP contribution in [0.2, 0.25) is 0 Å². The first kappa shape index (κ1) is 21.1. The average Bonchev–Trinajstić information content (AvgIpc) is 2.75. The molecule has 0 aliphatic carbocycles. The summed E-state index contributed by atoms with van der Waals surface area (Å²) in [5.74, 6) is -0.893. The SMILES string of the molecule is CCc1ccc(NC(=O)N2CCC(N3CCN(CCOC)C(=O)C3=O)CC2)cc1. The summed E-state index contributed by atoms with van der Waals surface area (Å²) in [5, 5.41) is 2.93. The summed E-state index contributed by atoms with van der Waals surface area (Å²) in [5.41, 5.74) is 2.01. The number of anilines is 1. The first-order chi connectivity index (χ1) is 14.0. The highest BCUT2D eigenvalue weighted by Gasteiger charge is 2.37. The predicted molar refractivity (Wildman–Crippen MR) is 110 cm³/mol. The molecule has 0 unspecified atom stereocenters. The van der Waals surface area contributed by atoms with Gasteiger partial charge in [0.2, 0.25) is 0 Å². The Morgan fingerprint density at radius 3 is 2.38 bits per heavy atom. The quantitative estimate of drug-likeness (QED) is 0.732. The zero-order valence-electron chi connectivity index (χ0n) is 17.2. The van der Waals surface area contributed by atoms with E-state index in [2.05, 4.69) is 12.2 Å². The van der Waals surface area contributed by atoms with Gasteiger partial charge in [-0.25, -0.2) is 4.79 Å². The van der Waals surface area contributed by atoms with E-state index in [9.17, 15) is 14.4 Å². The van der Waals surface area contributed by atoms with Gasteiger partial charge in [0.05, 0.1) is 6.61 Å². The number of hydrogen-bond acceptors (Lipinski definition) is 4. The molecule has 1 N–H and O–H groups in total. The number of hydrogen-bond donors (Lipinski definition) is 1. The van der Waals surface area contributed by atoms with Crippen molar-refractivity contribution >= 4 is 23.5 Å². The van der Waals surface area contributed by atoms with Crippen molar-refractivity contribution < 1.29 is 19.1 Å². The second-order valence-electron chi connectivity index (χ2n) is 7.48. The Bertz CT molecular complexity index is 729. The van der Waals surface area contributed by atoms with Crippen LogP contribution < -0.4 is 5.32 Å². The summed E-state index contributed by atoms with van der Waals surface area (Å²) in [6, 6.07) is 7.73. The van der Waals surface area contributed by atoms with Gasteiger partial charge in [-0.3, -0.25) is 9.59 Å². The van der Waals surface area contributed by atoms with E-state index in [0.717, 1.165) is 12.1 Å². The first-order valence-electron chi connectivity index (χ1n) is 10.3. The van der Waals surface area contributed by atoms with Crippen LogP contribution >= 0.6 is 0 Å². The van der Waals surface area contributed by atoms with E-state index in [-0.39, 0.29) is 12.1 Å². The molecule has 158 valence electrons. The van der Waals surface area contributed by atoms with E-state index in [1.807, 2.05) is 24.3 Å². The highest BCUT2D eigenvalue weighted by atomic mass is 16.5. The molecule has 0 bridgehead atoms. The number of nitrogens with zero attached hydrogens (tertiary/aromatic N) is 3. The summed E-state index contributed by atoms with van der Waals surface area (Å²) in [4.78, 5) is 42.3. The third-order valence-corrected chi connectivity index (χ3v) is 5.71. The molecule has 4 amide bonds. The van der Waals surface area contributed by atoms with Crippen molar-refractivity contribution in [3.05, 3.63) is 29.8 Å². The summed E-state index contributed by atoms with van der Waals surface area (Å²) in [6.45, 7) is 5.15. The standard InChI is InChI=1S/C21H30N4O4/c1-3-16-4-6-17(7-5-16)22-21(28)24-10-8-18(9-11-24)25-13-12-23(14-15-29-2)19(26)20(25)27/h4-7,18H,3,8-15H2,1-2H3,(H,22,28). The Morgan fingerprint density at radius 2 is 1.76 bits per heavy atom. The van der Waals surface area contributed by atoms with Gasteiger partial charge >= 0.3 is 17.8 Å². The van der Waals surface area contributed by atoms with Gasteiger partial charge in [0, 0.05) is 51.6 Å². The fourth-order valence-corrected chi connectivity index (χ4v) is 3.86. The third kappa shape index (κ3) is 5.06. The number of benzene rings is 1. The molecule has 1 aromatic carbocycles. The molecule has 29 heavy (non-hydrogen) atoms. The van der Waals surface area contributed by atoms with Gasteiger partial charge in [-0.05, 0) is 37.0 Å². The maximum atomic E-state index is 12.5. The normalized spacial score (nSPS) is 18.3. The lowest BCUT2D eigenvalue weighted by atomic mass is 10.0. The van der Waals surface area contributed by atoms with Crippen molar-refractivity contribution in [3.8, 4) is 0 Å². The summed E-state index contributed by atoms with van der Waals surface area (Å²) in [6.07, 6.45) is 2.32. The Balaban J connectivity index is 1.49. The van der Waals surface area contributed by atoms with Crippen LogP contribution in [0.1, 0.15) is 25.3 Å². The van der Waals surface area contributed by atoms with Gasteiger partial charge in [-0.1, -0.05) is 19.1 Å². The van der Waals surface area contributed by atoms with Crippen molar-refractivity contribution in [2.75, 3.05) is 51.8 Å². The number of carbonyl (C=O) groups excluding carboxylic acids is 3. The number of methoxy groups -OCH3 is 1. The van der Waals surface area contributed by atoms with Crippen LogP contribution in [-0.2, 0) is 20.7 Å². The van der Waals surface area contributed by atoms with E-state index < -0.39 is 11.8 Å². The van der Waals surface area contributed by atoms with Crippen LogP contribution in [0.5, 0.6) is 0 Å². The number of carbonyl (C=O) groups is 3. The number of ether oxygens (including phenoxy) is 1. The summed E-state index contributed by atoms with van der Waals surface area (Å²) in [7, 11) is 1.58. The molecule has 2 aliphatic heterocycles. The Kier molecular flexibility index (Phi) is 7.09. The number of aryl methyl sites for hydroxylation is 1. The number of likely N-dealkylation sites (tertiary alicyclic amines) is 1. The van der Waals surface area contributed by atoms with Crippen molar-refractivity contribution in [2.45, 2.75) is 32.2 Å². The van der Waals surface area contributed by atoms with E-state index >= 15 is 0 Å². The zero-order chi connectivity index (χ0) is 20.8. The second kappa shape index (κ2) is 9.73. The van der Waals surface area contributed by atoms with Gasteiger partial charge in [-0.15, -0.1) is 0 Å². The Morgan fingerprint density at radius 1 is 1.07 bits per heavy atom. The maximum absolute atomic E-state index is 12.5. The molecule has 1 aromatic rings. The number of piperazine rings is 1. The minimum Gasteiger partial charge on any atom is -0.383 e. The Hall–Kier alpha value is -2.61. The molecule has 0 atom stereocenters. The van der Waals surface area contributed by atoms with Crippen LogP contribution in [0.3, 0.4) is 0 Å². The fourth-order valence-electron chi connectivity index (χ4n) is 3.86. The van der Waals surface area contributed by atoms with Crippen molar-refractivity contribution in [3.63, 3.8) is 0 Å². The average molecular weight is 402 g/mol. The van der Waals surface area contributed by atoms with E-state index in [1.54, 1.807) is 21.8 Å². The summed E-state index contributed by atoms with van der Waals surface area (Å²) >= 11 is 0. The first-order valence-corrected chi connectivity index (χ1v) is 10.3. The van der Waals surface area contributed by atoms with Gasteiger partial charge < -0.3 is 24.8 Å². The van der Waals surface area contributed by atoms with Crippen LogP contribution in [0.25, 0.3) is 0 Å². The van der Waals surface area contributed by atoms with Crippen LogP contribution in [0.4, 0.5) is 10.5 Å². The minimum absolute atomic E-state index is 0.00362. The predicted octanol–water partition coefficient (Wildman–Crippen LogP) is 1.56. The monoisotopic (exact) mass is 402 g/mol. The lowest BCUT2D eigenvalue weighted by Crippen LogP contribution is -2.59. The molecule has 2 heterocycles. The fraction of sp³-hybridized carbons (Fsp3) is 0.571. The molecular formula is C21H30N4O4. The van der Waals surface area contributed by atoms with Gasteiger partial charge in [0.15, 0.2) is 0 Å². The van der Waals surface area contributed by atoms with Crippen LogP contribution in [0, 0.1) is 0 Å². The summed E-state index contributed by atoms with van der Waals surface area (Å²) < 4.78 is 5.00. The molecular weight excluding hydrogens is 372 g/mol. The van der Waals surface area contributed by atoms with Crippen LogP contribution in [0.15, 0.2) is 24.3 Å². The number of piperidine rings is 1. The number of rotatable bonds is 6. The molecule has 3 rings (SSSR count). The molecule has 2 aliphatic rings. The van der Waals surface area contributed by atoms with Crippen molar-refractivity contribution in [1.82, 2.24) is 14.7 Å². The second-order valence-corrected chi connectivity index (χ2v) is 7.48. The van der Waals surface area contributed by atoms with Gasteiger partial charge in [0.1, 0.15) is 0 Å². The molecule has 8 nitrogen and oxygen atoms in total. The lowest BCUT2D eigenvalue weighted by molar-refractivity contribution is -0.158. The zero-order valence-corrected chi connectivity index (χ0v) is 17.2. The van der Waals surface area contributed by atoms with E-state index in [0.29, 0.717) is 52.2 Å². The van der Waals surface area contributed by atoms with Crippen molar-refractivity contribution in [1.29, 1.82) is 0 Å². The van der Waals surface area contributed by atoms with Crippen LogP contribution in [-0.4, -0.2) is 85.0 Å². The smallest absolute Gasteiger partial charge is 0.321 e. The topological polar surface area (TPSA) is 82.2 Å². The lowest BCUT2D eigenvalue weighted by Gasteiger charge is -2.42. The van der Waals surface area contributed by atoms with Gasteiger partial charge in [0.25, 0.3) is 0 Å². The third-order valence-electron chi connectivity index (χ3n) is 5.71. The largest absolute Gasteiger partial charge is 0.383 e. The molecule has 0 radical (unpaired) electrons. The number of urea groups is 1. The van der Waals surface area contributed by atoms with Gasteiger partial charge in [-0.2, -0.15) is 0 Å². The van der Waals surface area contributed by atoms with Crippen molar-refractivity contribution in [2.24, 2.45) is 0 Å². The molecule has 0 saturated carbocycles. The maximum Gasteiger partial charge on any atom is 0.321 e. The molecule has 2 saturated heterocycles. The van der Waals surface area contributed by atoms with E-state index in [1.165, 1.54) is 5.56 Å². The Labute approximate surface area is 171 Å². The molecule has 0 aromatic heterocycles. The highest BCUT2D eigenvalue weighted by molar-refractivity contribution is 6.35. The molecule has 2 fully saturated rings. The molecule has 8 heteroatoms. The highest BCUT2D eigenvalue weighted by Crippen LogP contribution is 2.20. The molecule has 0 spiro atoms. The minimum atomic E-state index is -0.455. The van der Waals surface area contributed by atoms with E-state index in [4.69, 9.17) is 4.74 Å². The number of nitrogens with one attached hydrogen (secondary N) is 1.